The van der Waals surface area contributed by atoms with Crippen LogP contribution in [0.15, 0.2) is 117 Å². The van der Waals surface area contributed by atoms with Gasteiger partial charge in [0.15, 0.2) is 11.5 Å². The lowest BCUT2D eigenvalue weighted by Crippen LogP contribution is -2.28. The monoisotopic (exact) mass is 464 g/mol. The van der Waals surface area contributed by atoms with Gasteiger partial charge >= 0.3 is 0 Å². The number of hydrogen-bond acceptors (Lipinski definition) is 4. The second-order valence-corrected chi connectivity index (χ2v) is 10.8. The molecule has 3 aromatic rings. The van der Waals surface area contributed by atoms with E-state index in [0.717, 1.165) is 33.5 Å². The molecule has 1 aliphatic rings. The van der Waals surface area contributed by atoms with Gasteiger partial charge in [-0.05, 0) is 58.4 Å². The van der Waals surface area contributed by atoms with Crippen molar-refractivity contribution in [2.45, 2.75) is 41.5 Å². The van der Waals surface area contributed by atoms with E-state index in [1.54, 1.807) is 6.26 Å². The molecule has 0 saturated carbocycles. The average Bonchev–Trinajstić information content (AvgIpc) is 3.34. The van der Waals surface area contributed by atoms with Crippen molar-refractivity contribution in [3.8, 4) is 11.1 Å². The number of rotatable bonds is 4. The van der Waals surface area contributed by atoms with Gasteiger partial charge in [0, 0.05) is 16.7 Å². The van der Waals surface area contributed by atoms with Crippen molar-refractivity contribution in [3.05, 3.63) is 108 Å². The summed E-state index contributed by atoms with van der Waals surface area (Å²) in [4.78, 5) is 13.4. The highest BCUT2D eigenvalue weighted by Crippen LogP contribution is 2.41. The maximum atomic E-state index is 13.4. The minimum atomic E-state index is -0.314. The fourth-order valence-electron chi connectivity index (χ4n) is 4.00. The largest absolute Gasteiger partial charge is 0.463 e. The topological polar surface area (TPSA) is 54.9 Å². The van der Waals surface area contributed by atoms with Gasteiger partial charge < -0.3 is 4.42 Å². The molecule has 4 nitrogen and oxygen atoms in total. The highest BCUT2D eigenvalue weighted by atomic mass is 16.3. The number of Topliss-reactive ketones (excluding diaryl/α,β-unsaturated/α-hetero) is 1. The first-order chi connectivity index (χ1) is 16.5. The molecule has 4 heteroatoms. The van der Waals surface area contributed by atoms with E-state index in [-0.39, 0.29) is 16.6 Å². The van der Waals surface area contributed by atoms with E-state index in [1.807, 2.05) is 66.7 Å². The first kappa shape index (κ1) is 24.3. The highest BCUT2D eigenvalue weighted by Gasteiger charge is 2.35. The lowest BCUT2D eigenvalue weighted by molar-refractivity contribution is -0.114. The third kappa shape index (κ3) is 5.48. The summed E-state index contributed by atoms with van der Waals surface area (Å²) in [6, 6.07) is 21.9. The smallest absolute Gasteiger partial charge is 0.186 e. The number of carbonyl (C=O) groups excluding carboxylic acids is 1. The number of benzene rings is 2. The Labute approximate surface area is 207 Å². The van der Waals surface area contributed by atoms with E-state index in [0.29, 0.717) is 11.5 Å². The van der Waals surface area contributed by atoms with Crippen molar-refractivity contribution in [2.24, 2.45) is 21.1 Å². The average molecular weight is 465 g/mol. The summed E-state index contributed by atoms with van der Waals surface area (Å²) < 4.78 is 5.73. The second kappa shape index (κ2) is 9.46. The van der Waals surface area contributed by atoms with Gasteiger partial charge in [-0.1, -0.05) is 84.0 Å². The lowest BCUT2D eigenvalue weighted by atomic mass is 9.71. The van der Waals surface area contributed by atoms with Crippen molar-refractivity contribution in [1.29, 1.82) is 0 Å². The van der Waals surface area contributed by atoms with E-state index in [1.165, 1.54) is 0 Å². The number of hydrogen-bond donors (Lipinski definition) is 0. The molecule has 0 atom stereocenters. The normalized spacial score (nSPS) is 14.8. The Hall–Kier alpha value is -3.79. The van der Waals surface area contributed by atoms with E-state index in [4.69, 9.17) is 4.42 Å². The van der Waals surface area contributed by atoms with Gasteiger partial charge in [0.2, 0.25) is 0 Å². The quantitative estimate of drug-likeness (QED) is 0.362. The van der Waals surface area contributed by atoms with Gasteiger partial charge in [0.25, 0.3) is 0 Å². The van der Waals surface area contributed by atoms with Crippen LogP contribution >= 0.6 is 0 Å². The molecule has 0 amide bonds. The standard InChI is InChI=1S/C31H32N2O2/c1-30(2,3)25-19-23(20-26(29(25)34)31(4,5)6)28(27-13-10-18-35-27)33-32-24-16-14-22(15-17-24)21-11-8-7-9-12-21/h7-20H,1-6H3. The molecule has 178 valence electrons. The molecule has 2 aromatic carbocycles. The molecular formula is C31H32N2O2. The summed E-state index contributed by atoms with van der Waals surface area (Å²) >= 11 is 0. The maximum absolute atomic E-state index is 13.4. The highest BCUT2D eigenvalue weighted by molar-refractivity contribution is 6.12. The van der Waals surface area contributed by atoms with Crippen LogP contribution in [0.1, 0.15) is 47.3 Å². The summed E-state index contributed by atoms with van der Waals surface area (Å²) in [5, 5.41) is 9.16. The van der Waals surface area contributed by atoms with Crippen molar-refractivity contribution in [2.75, 3.05) is 0 Å². The molecule has 0 N–H and O–H groups in total. The minimum absolute atomic E-state index is 0.0842. The Morgan fingerprint density at radius 1 is 0.714 bits per heavy atom. The van der Waals surface area contributed by atoms with Gasteiger partial charge in [-0.25, -0.2) is 0 Å². The van der Waals surface area contributed by atoms with Gasteiger partial charge in [0.05, 0.1) is 12.0 Å². The van der Waals surface area contributed by atoms with Gasteiger partial charge in [-0.15, -0.1) is 5.11 Å². The summed E-state index contributed by atoms with van der Waals surface area (Å²) in [5.74, 6) is 0.689. The Morgan fingerprint density at radius 3 is 1.80 bits per heavy atom. The fraction of sp³-hybridized carbons (Fsp3) is 0.258. The number of carbonyl (C=O) groups is 1. The molecule has 0 radical (unpaired) electrons. The summed E-state index contributed by atoms with van der Waals surface area (Å²) in [7, 11) is 0. The molecule has 35 heavy (non-hydrogen) atoms. The number of nitrogens with zero attached hydrogens (tertiary/aromatic N) is 2. The molecule has 0 saturated heterocycles. The van der Waals surface area contributed by atoms with Crippen LogP contribution in [0.4, 0.5) is 5.69 Å². The molecule has 0 bridgehead atoms. The zero-order valence-electron chi connectivity index (χ0n) is 21.3. The molecule has 4 rings (SSSR count). The molecule has 1 heterocycles. The molecule has 1 aliphatic carbocycles. The third-order valence-electron chi connectivity index (χ3n) is 5.97. The van der Waals surface area contributed by atoms with Crippen molar-refractivity contribution < 1.29 is 9.21 Å². The van der Waals surface area contributed by atoms with Crippen molar-refractivity contribution in [1.82, 2.24) is 0 Å². The molecule has 0 spiro atoms. The van der Waals surface area contributed by atoms with E-state index >= 15 is 0 Å². The SMILES string of the molecule is CC(C)(C)C1=CC(=C(N=Nc2ccc(-c3ccccc3)cc2)c2ccco2)C=C(C(C)(C)C)C1=O. The summed E-state index contributed by atoms with van der Waals surface area (Å²) in [5.41, 5.74) is 5.31. The first-order valence-corrected chi connectivity index (χ1v) is 11.9. The van der Waals surface area contributed by atoms with Crippen LogP contribution in [0.3, 0.4) is 0 Å². The second-order valence-electron chi connectivity index (χ2n) is 10.8. The van der Waals surface area contributed by atoms with Crippen molar-refractivity contribution >= 4 is 17.2 Å². The summed E-state index contributed by atoms with van der Waals surface area (Å²) in [6.07, 6.45) is 5.50. The van der Waals surface area contributed by atoms with Crippen LogP contribution in [0.25, 0.3) is 16.8 Å². The van der Waals surface area contributed by atoms with E-state index in [2.05, 4.69) is 63.9 Å². The fourth-order valence-corrected chi connectivity index (χ4v) is 4.00. The number of ketones is 1. The molecule has 0 fully saturated rings. The Bertz CT molecular complexity index is 1290. The molecule has 0 aliphatic heterocycles. The van der Waals surface area contributed by atoms with E-state index in [9.17, 15) is 4.79 Å². The third-order valence-corrected chi connectivity index (χ3v) is 5.97. The number of furan rings is 1. The van der Waals surface area contributed by atoms with E-state index < -0.39 is 0 Å². The zero-order valence-corrected chi connectivity index (χ0v) is 21.3. The Balaban J connectivity index is 1.80. The van der Waals surface area contributed by atoms with Crippen LogP contribution in [0, 0.1) is 10.8 Å². The van der Waals surface area contributed by atoms with Crippen LogP contribution < -0.4 is 0 Å². The summed E-state index contributed by atoms with van der Waals surface area (Å²) in [6.45, 7) is 12.3. The van der Waals surface area contributed by atoms with Gasteiger partial charge in [-0.2, -0.15) is 5.11 Å². The Kier molecular flexibility index (Phi) is 6.58. The van der Waals surface area contributed by atoms with Crippen LogP contribution in [-0.2, 0) is 4.79 Å². The minimum Gasteiger partial charge on any atom is -0.463 e. The molecular weight excluding hydrogens is 432 g/mol. The first-order valence-electron chi connectivity index (χ1n) is 11.9. The van der Waals surface area contributed by atoms with Crippen LogP contribution in [-0.4, -0.2) is 5.78 Å². The van der Waals surface area contributed by atoms with Gasteiger partial charge in [-0.3, -0.25) is 4.79 Å². The zero-order chi connectivity index (χ0) is 25.2. The van der Waals surface area contributed by atoms with Crippen molar-refractivity contribution in [3.63, 3.8) is 0 Å². The molecule has 0 unspecified atom stereocenters. The van der Waals surface area contributed by atoms with Gasteiger partial charge in [0.1, 0.15) is 5.70 Å². The molecule has 1 aromatic heterocycles. The lowest BCUT2D eigenvalue weighted by Gasteiger charge is -2.31. The maximum Gasteiger partial charge on any atom is 0.186 e. The predicted octanol–water partition coefficient (Wildman–Crippen LogP) is 8.97. The van der Waals surface area contributed by atoms with Crippen LogP contribution in [0.5, 0.6) is 0 Å². The Morgan fingerprint density at radius 2 is 1.29 bits per heavy atom. The van der Waals surface area contributed by atoms with Crippen LogP contribution in [0.2, 0.25) is 0 Å². The number of allylic oxidation sites excluding steroid dienone is 5. The number of azo groups is 1. The predicted molar refractivity (Wildman–Crippen MR) is 142 cm³/mol.